The van der Waals surface area contributed by atoms with Crippen molar-refractivity contribution in [2.45, 2.75) is 32.3 Å². The van der Waals surface area contributed by atoms with Gasteiger partial charge in [-0.3, -0.25) is 0 Å². The number of rotatable bonds is 4. The summed E-state index contributed by atoms with van der Waals surface area (Å²) >= 11 is 0. The second kappa shape index (κ2) is 6.35. The van der Waals surface area contributed by atoms with Crippen molar-refractivity contribution in [1.29, 1.82) is 0 Å². The topological polar surface area (TPSA) is 43.7 Å². The predicted octanol–water partition coefficient (Wildman–Crippen LogP) is 2.48. The van der Waals surface area contributed by atoms with Crippen molar-refractivity contribution in [3.63, 3.8) is 0 Å². The summed E-state index contributed by atoms with van der Waals surface area (Å²) in [6, 6.07) is 4.94. The highest BCUT2D eigenvalue weighted by Crippen LogP contribution is 2.28. The molecule has 0 saturated carbocycles. The predicted molar refractivity (Wildman–Crippen MR) is 73.7 cm³/mol. The Bertz CT molecular complexity index is 421. The molecule has 2 unspecified atom stereocenters. The second-order valence-corrected chi connectivity index (χ2v) is 5.35. The summed E-state index contributed by atoms with van der Waals surface area (Å²) in [6.07, 6.45) is 2.27. The molecule has 19 heavy (non-hydrogen) atoms. The lowest BCUT2D eigenvalue weighted by Crippen LogP contribution is -2.36. The number of halogens is 1. The van der Waals surface area contributed by atoms with E-state index in [9.17, 15) is 9.50 Å². The minimum Gasteiger partial charge on any atom is -0.396 e. The van der Waals surface area contributed by atoms with E-state index in [2.05, 4.69) is 0 Å². The Kier molecular flexibility index (Phi) is 4.77. The molecule has 1 aliphatic rings. The summed E-state index contributed by atoms with van der Waals surface area (Å²) in [5.74, 6) is 0.164. The van der Waals surface area contributed by atoms with Gasteiger partial charge in [0.15, 0.2) is 0 Å². The van der Waals surface area contributed by atoms with Gasteiger partial charge in [0, 0.05) is 19.7 Å². The first-order chi connectivity index (χ1) is 9.11. The number of piperidine rings is 1. The third kappa shape index (κ3) is 3.45. The van der Waals surface area contributed by atoms with Crippen LogP contribution in [-0.2, 0) is 0 Å². The molecule has 1 aromatic rings. The lowest BCUT2D eigenvalue weighted by molar-refractivity contribution is 0.199. The monoisotopic (exact) mass is 267 g/mol. The minimum atomic E-state index is -0.646. The van der Waals surface area contributed by atoms with Crippen LogP contribution in [0.5, 0.6) is 0 Å². The van der Waals surface area contributed by atoms with Gasteiger partial charge in [-0.2, -0.15) is 0 Å². The zero-order valence-corrected chi connectivity index (χ0v) is 11.3. The van der Waals surface area contributed by atoms with Gasteiger partial charge in [0.05, 0.1) is 11.8 Å². The summed E-state index contributed by atoms with van der Waals surface area (Å²) in [4.78, 5) is 2.05. The highest BCUT2D eigenvalue weighted by molar-refractivity contribution is 5.49. The highest BCUT2D eigenvalue weighted by atomic mass is 19.1. The van der Waals surface area contributed by atoms with Crippen LogP contribution in [0.3, 0.4) is 0 Å². The van der Waals surface area contributed by atoms with Crippen molar-refractivity contribution in [2.75, 3.05) is 24.6 Å². The van der Waals surface area contributed by atoms with E-state index < -0.39 is 6.10 Å². The molecule has 0 bridgehead atoms. The molecule has 1 heterocycles. The van der Waals surface area contributed by atoms with E-state index in [4.69, 9.17) is 5.11 Å². The van der Waals surface area contributed by atoms with E-state index in [1.54, 1.807) is 19.1 Å². The molecule has 3 nitrogen and oxygen atoms in total. The largest absolute Gasteiger partial charge is 0.396 e. The average molecular weight is 267 g/mol. The lowest BCUT2D eigenvalue weighted by Gasteiger charge is -2.34. The Morgan fingerprint density at radius 2 is 2.26 bits per heavy atom. The second-order valence-electron chi connectivity index (χ2n) is 5.35. The molecule has 0 aromatic heterocycles. The van der Waals surface area contributed by atoms with Crippen LogP contribution < -0.4 is 4.90 Å². The van der Waals surface area contributed by atoms with Crippen molar-refractivity contribution in [3.05, 3.63) is 29.6 Å². The first-order valence-corrected chi connectivity index (χ1v) is 6.95. The van der Waals surface area contributed by atoms with E-state index in [0.717, 1.165) is 32.4 Å². The number of hydrogen-bond acceptors (Lipinski definition) is 3. The van der Waals surface area contributed by atoms with E-state index in [0.29, 0.717) is 17.2 Å². The number of aliphatic hydroxyl groups is 2. The van der Waals surface area contributed by atoms with Gasteiger partial charge in [-0.15, -0.1) is 0 Å². The van der Waals surface area contributed by atoms with E-state index in [1.165, 1.54) is 6.07 Å². The van der Waals surface area contributed by atoms with E-state index in [-0.39, 0.29) is 12.4 Å². The molecule has 4 heteroatoms. The smallest absolute Gasteiger partial charge is 0.146 e. The van der Waals surface area contributed by atoms with Crippen LogP contribution in [0.25, 0.3) is 0 Å². The highest BCUT2D eigenvalue weighted by Gasteiger charge is 2.22. The molecule has 0 radical (unpaired) electrons. The summed E-state index contributed by atoms with van der Waals surface area (Å²) in [6.45, 7) is 3.48. The van der Waals surface area contributed by atoms with Crippen LogP contribution in [0.15, 0.2) is 18.2 Å². The summed E-state index contributed by atoms with van der Waals surface area (Å²) in [7, 11) is 0. The van der Waals surface area contributed by atoms with Crippen LogP contribution >= 0.6 is 0 Å². The Labute approximate surface area is 113 Å². The van der Waals surface area contributed by atoms with Gasteiger partial charge in [0.25, 0.3) is 0 Å². The normalized spacial score (nSPS) is 21.5. The van der Waals surface area contributed by atoms with Gasteiger partial charge in [-0.25, -0.2) is 4.39 Å². The molecule has 2 rings (SSSR count). The van der Waals surface area contributed by atoms with E-state index in [1.807, 2.05) is 4.90 Å². The Morgan fingerprint density at radius 3 is 2.89 bits per heavy atom. The van der Waals surface area contributed by atoms with Gasteiger partial charge >= 0.3 is 0 Å². The Hall–Kier alpha value is -1.13. The van der Waals surface area contributed by atoms with E-state index >= 15 is 0 Å². The maximum absolute atomic E-state index is 14.1. The molecular formula is C15H22FNO2. The standard InChI is InChI=1S/C15H22FNO2/c1-11(19)13-4-5-15(14(16)9-13)17-7-2-3-12(10-17)6-8-18/h4-5,9,11-12,18-19H,2-3,6-8,10H2,1H3. The first-order valence-electron chi connectivity index (χ1n) is 6.95. The first kappa shape index (κ1) is 14.3. The molecule has 0 amide bonds. The maximum Gasteiger partial charge on any atom is 0.146 e. The number of aliphatic hydroxyl groups excluding tert-OH is 2. The molecule has 2 N–H and O–H groups in total. The molecule has 1 aromatic carbocycles. The quantitative estimate of drug-likeness (QED) is 0.881. The Balaban J connectivity index is 2.12. The minimum absolute atomic E-state index is 0.196. The van der Waals surface area contributed by atoms with Crippen LogP contribution in [0.1, 0.15) is 37.9 Å². The fraction of sp³-hybridized carbons (Fsp3) is 0.600. The molecule has 1 fully saturated rings. The lowest BCUT2D eigenvalue weighted by atomic mass is 9.94. The fourth-order valence-electron chi connectivity index (χ4n) is 2.74. The van der Waals surface area contributed by atoms with Gasteiger partial charge < -0.3 is 15.1 Å². The zero-order chi connectivity index (χ0) is 13.8. The van der Waals surface area contributed by atoms with Crippen molar-refractivity contribution >= 4 is 5.69 Å². The van der Waals surface area contributed by atoms with Crippen LogP contribution in [0, 0.1) is 11.7 Å². The Morgan fingerprint density at radius 1 is 1.47 bits per heavy atom. The number of hydrogen-bond donors (Lipinski definition) is 2. The fourth-order valence-corrected chi connectivity index (χ4v) is 2.74. The molecule has 0 aliphatic carbocycles. The van der Waals surface area contributed by atoms with Gasteiger partial charge in [-0.05, 0) is 49.8 Å². The molecule has 106 valence electrons. The van der Waals surface area contributed by atoms with Crippen molar-refractivity contribution in [1.82, 2.24) is 0 Å². The molecule has 1 saturated heterocycles. The van der Waals surface area contributed by atoms with Gasteiger partial charge in [0.2, 0.25) is 0 Å². The SMILES string of the molecule is CC(O)c1ccc(N2CCCC(CCO)C2)c(F)c1. The zero-order valence-electron chi connectivity index (χ0n) is 11.3. The number of anilines is 1. The molecule has 1 aliphatic heterocycles. The third-order valence-corrected chi connectivity index (χ3v) is 3.85. The summed E-state index contributed by atoms with van der Waals surface area (Å²) < 4.78 is 14.1. The molecule has 2 atom stereocenters. The third-order valence-electron chi connectivity index (χ3n) is 3.85. The van der Waals surface area contributed by atoms with Crippen LogP contribution in [0.2, 0.25) is 0 Å². The van der Waals surface area contributed by atoms with Crippen molar-refractivity contribution < 1.29 is 14.6 Å². The molecular weight excluding hydrogens is 245 g/mol. The van der Waals surface area contributed by atoms with Crippen LogP contribution in [-0.4, -0.2) is 29.9 Å². The maximum atomic E-state index is 14.1. The average Bonchev–Trinajstić information content (AvgIpc) is 2.39. The van der Waals surface area contributed by atoms with Crippen LogP contribution in [0.4, 0.5) is 10.1 Å². The van der Waals surface area contributed by atoms with Gasteiger partial charge in [0.1, 0.15) is 5.82 Å². The summed E-state index contributed by atoms with van der Waals surface area (Å²) in [5, 5.41) is 18.5. The van der Waals surface area contributed by atoms with Gasteiger partial charge in [-0.1, -0.05) is 6.07 Å². The number of nitrogens with zero attached hydrogens (tertiary/aromatic N) is 1. The summed E-state index contributed by atoms with van der Waals surface area (Å²) in [5.41, 5.74) is 1.21. The van der Waals surface area contributed by atoms with Crippen molar-refractivity contribution in [3.8, 4) is 0 Å². The number of benzene rings is 1. The van der Waals surface area contributed by atoms with Crippen molar-refractivity contribution in [2.24, 2.45) is 5.92 Å². The molecule has 0 spiro atoms.